The summed E-state index contributed by atoms with van der Waals surface area (Å²) in [4.78, 5) is 34.2. The molecule has 8 nitrogen and oxygen atoms in total. The summed E-state index contributed by atoms with van der Waals surface area (Å²) >= 11 is 0. The van der Waals surface area contributed by atoms with Crippen molar-refractivity contribution in [3.63, 3.8) is 0 Å². The number of carbonyl (C=O) groups excluding carboxylic acids is 2. The van der Waals surface area contributed by atoms with E-state index < -0.39 is 16.9 Å². The number of anilines is 2. The lowest BCUT2D eigenvalue weighted by Gasteiger charge is -2.09. The van der Waals surface area contributed by atoms with Crippen molar-refractivity contribution in [1.82, 2.24) is 0 Å². The van der Waals surface area contributed by atoms with Crippen LogP contribution in [0.2, 0.25) is 0 Å². The van der Waals surface area contributed by atoms with Gasteiger partial charge in [-0.2, -0.15) is 0 Å². The van der Waals surface area contributed by atoms with Gasteiger partial charge in [-0.15, -0.1) is 0 Å². The fourth-order valence-corrected chi connectivity index (χ4v) is 1.94. The van der Waals surface area contributed by atoms with Crippen LogP contribution < -0.4 is 10.6 Å². The van der Waals surface area contributed by atoms with Crippen molar-refractivity contribution >= 4 is 29.1 Å². The Balaban J connectivity index is 2.22. The van der Waals surface area contributed by atoms with Gasteiger partial charge in [-0.25, -0.2) is 9.59 Å². The van der Waals surface area contributed by atoms with Gasteiger partial charge in [-0.3, -0.25) is 10.1 Å². The molecule has 0 heterocycles. The molecule has 124 valence electrons. The maximum Gasteiger partial charge on any atom is 0.338 e. The minimum atomic E-state index is -0.662. The number of urea groups is 1. The van der Waals surface area contributed by atoms with Crippen molar-refractivity contribution in [1.29, 1.82) is 0 Å². The fraction of sp³-hybridized carbons (Fsp3) is 0.125. The number of carbonyl (C=O) groups is 2. The number of hydrogen-bond acceptors (Lipinski definition) is 5. The molecule has 0 aliphatic carbocycles. The van der Waals surface area contributed by atoms with Gasteiger partial charge in [0.05, 0.1) is 17.1 Å². The molecule has 24 heavy (non-hydrogen) atoms. The largest absolute Gasteiger partial charge is 0.462 e. The van der Waals surface area contributed by atoms with E-state index >= 15 is 0 Å². The number of esters is 1. The topological polar surface area (TPSA) is 111 Å². The van der Waals surface area contributed by atoms with E-state index in [1.807, 2.05) is 0 Å². The highest BCUT2D eigenvalue weighted by Crippen LogP contribution is 2.26. The molecular weight excluding hydrogens is 314 g/mol. The normalized spacial score (nSPS) is 9.88. The third kappa shape index (κ3) is 4.29. The molecule has 0 atom stereocenters. The van der Waals surface area contributed by atoms with E-state index in [1.54, 1.807) is 37.3 Å². The molecule has 0 bridgehead atoms. The Morgan fingerprint density at radius 2 is 1.83 bits per heavy atom. The molecule has 0 radical (unpaired) electrons. The second-order valence-corrected chi connectivity index (χ2v) is 4.65. The third-order valence-electron chi connectivity index (χ3n) is 2.98. The van der Waals surface area contributed by atoms with E-state index in [4.69, 9.17) is 4.74 Å². The number of ether oxygens (including phenoxy) is 1. The molecule has 2 amide bonds. The second kappa shape index (κ2) is 7.73. The van der Waals surface area contributed by atoms with Gasteiger partial charge in [0.2, 0.25) is 0 Å². The molecule has 8 heteroatoms. The number of rotatable bonds is 5. The van der Waals surface area contributed by atoms with Gasteiger partial charge in [0.15, 0.2) is 0 Å². The predicted molar refractivity (Wildman–Crippen MR) is 88.1 cm³/mol. The average Bonchev–Trinajstić information content (AvgIpc) is 2.55. The van der Waals surface area contributed by atoms with E-state index in [-0.39, 0.29) is 23.5 Å². The van der Waals surface area contributed by atoms with Gasteiger partial charge in [0.25, 0.3) is 5.69 Å². The van der Waals surface area contributed by atoms with E-state index in [0.29, 0.717) is 5.69 Å². The summed E-state index contributed by atoms with van der Waals surface area (Å²) in [5, 5.41) is 16.0. The maximum absolute atomic E-state index is 12.0. The van der Waals surface area contributed by atoms with Crippen LogP contribution in [-0.2, 0) is 4.74 Å². The fourth-order valence-electron chi connectivity index (χ4n) is 1.94. The second-order valence-electron chi connectivity index (χ2n) is 4.65. The van der Waals surface area contributed by atoms with Crippen molar-refractivity contribution in [3.05, 3.63) is 64.2 Å². The summed E-state index contributed by atoms with van der Waals surface area (Å²) in [7, 11) is 0. The van der Waals surface area contributed by atoms with E-state index in [9.17, 15) is 19.7 Å². The number of hydrogen-bond donors (Lipinski definition) is 2. The number of nitro benzene ring substituents is 1. The number of nitrogens with zero attached hydrogens (tertiary/aromatic N) is 1. The highest BCUT2D eigenvalue weighted by atomic mass is 16.6. The van der Waals surface area contributed by atoms with Gasteiger partial charge < -0.3 is 15.4 Å². The molecule has 0 saturated carbocycles. The number of amides is 2. The standard InChI is InChI=1S/C16H15N3O5/c1-2-24-15(20)11-8-9-14(19(22)23)13(10-11)18-16(21)17-12-6-4-3-5-7-12/h3-10H,2H2,1H3,(H2,17,18,21). The Morgan fingerprint density at radius 1 is 1.12 bits per heavy atom. The molecule has 2 rings (SSSR count). The van der Waals surface area contributed by atoms with Gasteiger partial charge in [-0.1, -0.05) is 18.2 Å². The third-order valence-corrected chi connectivity index (χ3v) is 2.98. The minimum Gasteiger partial charge on any atom is -0.462 e. The summed E-state index contributed by atoms with van der Waals surface area (Å²) in [5.41, 5.74) is 0.210. The predicted octanol–water partition coefficient (Wildman–Crippen LogP) is 3.42. The highest BCUT2D eigenvalue weighted by Gasteiger charge is 2.19. The van der Waals surface area contributed by atoms with Crippen LogP contribution in [0.4, 0.5) is 21.9 Å². The van der Waals surface area contributed by atoms with Crippen LogP contribution in [0, 0.1) is 10.1 Å². The van der Waals surface area contributed by atoms with Crippen molar-refractivity contribution in [2.45, 2.75) is 6.92 Å². The van der Waals surface area contributed by atoms with Crippen LogP contribution >= 0.6 is 0 Å². The Morgan fingerprint density at radius 3 is 2.46 bits per heavy atom. The molecule has 0 aromatic heterocycles. The van der Waals surface area contributed by atoms with Gasteiger partial charge in [0, 0.05) is 11.8 Å². The minimum absolute atomic E-state index is 0.0982. The van der Waals surface area contributed by atoms with E-state index in [0.717, 1.165) is 6.07 Å². The Bertz CT molecular complexity index is 762. The summed E-state index contributed by atoms with van der Waals surface area (Å²) in [6, 6.07) is 11.6. The van der Waals surface area contributed by atoms with Crippen molar-refractivity contribution < 1.29 is 19.2 Å². The quantitative estimate of drug-likeness (QED) is 0.496. The molecule has 2 aromatic rings. The molecule has 0 spiro atoms. The zero-order valence-electron chi connectivity index (χ0n) is 12.8. The van der Waals surface area contributed by atoms with Gasteiger partial charge >= 0.3 is 12.0 Å². The monoisotopic (exact) mass is 329 g/mol. The molecule has 0 aliphatic heterocycles. The first kappa shape index (κ1) is 16.9. The first-order chi connectivity index (χ1) is 11.5. The van der Waals surface area contributed by atoms with Crippen LogP contribution in [0.5, 0.6) is 0 Å². The highest BCUT2D eigenvalue weighted by molar-refractivity contribution is 6.02. The van der Waals surface area contributed by atoms with Crippen molar-refractivity contribution in [2.24, 2.45) is 0 Å². The molecule has 0 aliphatic rings. The Kier molecular flexibility index (Phi) is 5.45. The lowest BCUT2D eigenvalue weighted by atomic mass is 10.1. The lowest BCUT2D eigenvalue weighted by molar-refractivity contribution is -0.383. The summed E-state index contributed by atoms with van der Waals surface area (Å²) < 4.78 is 4.85. The van der Waals surface area contributed by atoms with Crippen molar-refractivity contribution in [3.8, 4) is 0 Å². The zero-order valence-corrected chi connectivity index (χ0v) is 12.8. The Hall–Kier alpha value is -3.42. The molecule has 0 unspecified atom stereocenters. The number of benzene rings is 2. The first-order valence-electron chi connectivity index (χ1n) is 7.10. The van der Waals surface area contributed by atoms with Crippen LogP contribution in [0.15, 0.2) is 48.5 Å². The van der Waals surface area contributed by atoms with Gasteiger partial charge in [-0.05, 0) is 31.2 Å². The van der Waals surface area contributed by atoms with Gasteiger partial charge in [0.1, 0.15) is 5.69 Å². The number of nitrogens with one attached hydrogen (secondary N) is 2. The smallest absolute Gasteiger partial charge is 0.338 e. The average molecular weight is 329 g/mol. The summed E-state index contributed by atoms with van der Waals surface area (Å²) in [6.45, 7) is 1.82. The first-order valence-corrected chi connectivity index (χ1v) is 7.10. The van der Waals surface area contributed by atoms with E-state index in [2.05, 4.69) is 10.6 Å². The zero-order chi connectivity index (χ0) is 17.5. The summed E-state index contributed by atoms with van der Waals surface area (Å²) in [6.07, 6.45) is 0. The molecular formula is C16H15N3O5. The molecule has 0 fully saturated rings. The van der Waals surface area contributed by atoms with Crippen LogP contribution in [-0.4, -0.2) is 23.5 Å². The van der Waals surface area contributed by atoms with Crippen molar-refractivity contribution in [2.75, 3.05) is 17.2 Å². The molecule has 0 saturated heterocycles. The Labute approximate surface area is 137 Å². The molecule has 2 N–H and O–H groups in total. The maximum atomic E-state index is 12.0. The van der Waals surface area contributed by atoms with Crippen LogP contribution in [0.1, 0.15) is 17.3 Å². The number of para-hydroxylation sites is 1. The number of nitro groups is 1. The van der Waals surface area contributed by atoms with Crippen LogP contribution in [0.3, 0.4) is 0 Å². The summed E-state index contributed by atoms with van der Waals surface area (Å²) in [5.74, 6) is -0.626. The SMILES string of the molecule is CCOC(=O)c1ccc([N+](=O)[O-])c(NC(=O)Nc2ccccc2)c1. The van der Waals surface area contributed by atoms with E-state index in [1.165, 1.54) is 12.1 Å². The molecule has 2 aromatic carbocycles. The lowest BCUT2D eigenvalue weighted by Crippen LogP contribution is -2.20. The van der Waals surface area contributed by atoms with Crippen LogP contribution in [0.25, 0.3) is 0 Å².